The van der Waals surface area contributed by atoms with Crippen LogP contribution >= 0.6 is 0 Å². The summed E-state index contributed by atoms with van der Waals surface area (Å²) >= 11 is 0. The summed E-state index contributed by atoms with van der Waals surface area (Å²) in [7, 11) is 0. The minimum absolute atomic E-state index is 0.473. The Hall–Kier alpha value is -0.120. The summed E-state index contributed by atoms with van der Waals surface area (Å²) in [5.41, 5.74) is 0. The van der Waals surface area contributed by atoms with E-state index in [2.05, 4.69) is 22.9 Å². The van der Waals surface area contributed by atoms with Crippen LogP contribution in [0.1, 0.15) is 6.92 Å². The van der Waals surface area contributed by atoms with Crippen LogP contribution in [0.25, 0.3) is 0 Å². The molecule has 3 nitrogen and oxygen atoms in total. The highest BCUT2D eigenvalue weighted by Crippen LogP contribution is 1.73. The van der Waals surface area contributed by atoms with E-state index in [-0.39, 0.29) is 0 Å². The molecule has 0 aromatic carbocycles. The van der Waals surface area contributed by atoms with E-state index < -0.39 is 0 Å². The predicted molar refractivity (Wildman–Crippen MR) is 28.6 cm³/mol. The van der Waals surface area contributed by atoms with Gasteiger partial charge < -0.3 is 0 Å². The van der Waals surface area contributed by atoms with Crippen molar-refractivity contribution in [1.29, 1.82) is 0 Å². The minimum Gasteiger partial charge on any atom is -0.292 e. The first kappa shape index (κ1) is 5.03. The van der Waals surface area contributed by atoms with Gasteiger partial charge in [0.05, 0.1) is 6.17 Å². The van der Waals surface area contributed by atoms with E-state index in [1.807, 2.05) is 0 Å². The van der Waals surface area contributed by atoms with Crippen LogP contribution in [0.2, 0.25) is 0 Å². The van der Waals surface area contributed by atoms with Crippen LogP contribution in [0.15, 0.2) is 0 Å². The summed E-state index contributed by atoms with van der Waals surface area (Å²) in [6.07, 6.45) is 0.473. The van der Waals surface area contributed by atoms with E-state index in [1.165, 1.54) is 0 Å². The van der Waals surface area contributed by atoms with E-state index in [1.54, 1.807) is 0 Å². The van der Waals surface area contributed by atoms with Gasteiger partial charge in [0.1, 0.15) is 0 Å². The molecular weight excluding hydrogens is 90.1 g/mol. The molecule has 0 spiro atoms. The second kappa shape index (κ2) is 2.26. The average molecular weight is 101 g/mol. The Kier molecular flexibility index (Phi) is 1.62. The molecule has 0 aromatic rings. The molecule has 1 rings (SSSR count). The largest absolute Gasteiger partial charge is 0.292 e. The molecule has 0 bridgehead atoms. The lowest BCUT2D eigenvalue weighted by Crippen LogP contribution is -2.54. The summed E-state index contributed by atoms with van der Waals surface area (Å²) in [4.78, 5) is 0. The number of nitrogens with one attached hydrogen (secondary N) is 3. The quantitative estimate of drug-likeness (QED) is 0.367. The average Bonchev–Trinajstić information content (AvgIpc) is 1.69. The first-order valence-corrected chi connectivity index (χ1v) is 2.57. The lowest BCUT2D eigenvalue weighted by Gasteiger charge is -2.21. The topological polar surface area (TPSA) is 36.1 Å². The normalized spacial score (nSPS) is 25.3. The molecule has 3 N–H and O–H groups in total. The van der Waals surface area contributed by atoms with Crippen LogP contribution in [-0.4, -0.2) is 19.5 Å². The fourth-order valence-electron chi connectivity index (χ4n) is 0.585. The molecule has 1 fully saturated rings. The number of rotatable bonds is 0. The third kappa shape index (κ3) is 1.43. The molecule has 1 saturated heterocycles. The number of hydrogen-bond acceptors (Lipinski definition) is 3. The van der Waals surface area contributed by atoms with Gasteiger partial charge in [-0.25, -0.2) is 0 Å². The van der Waals surface area contributed by atoms with Crippen LogP contribution in [0, 0.1) is 0 Å². The molecule has 3 heteroatoms. The van der Waals surface area contributed by atoms with Crippen molar-refractivity contribution in [3.05, 3.63) is 0 Å². The highest BCUT2D eigenvalue weighted by atomic mass is 15.3. The fourth-order valence-corrected chi connectivity index (χ4v) is 0.585. The van der Waals surface area contributed by atoms with Gasteiger partial charge in [-0.05, 0) is 6.92 Å². The van der Waals surface area contributed by atoms with Crippen molar-refractivity contribution in [3.63, 3.8) is 0 Å². The van der Waals surface area contributed by atoms with Crippen molar-refractivity contribution in [2.75, 3.05) is 13.3 Å². The highest BCUT2D eigenvalue weighted by Gasteiger charge is 2.01. The molecule has 1 aliphatic heterocycles. The van der Waals surface area contributed by atoms with Gasteiger partial charge in [-0.3, -0.25) is 16.0 Å². The monoisotopic (exact) mass is 101 g/mol. The van der Waals surface area contributed by atoms with Gasteiger partial charge in [-0.1, -0.05) is 0 Å². The van der Waals surface area contributed by atoms with Gasteiger partial charge >= 0.3 is 0 Å². The maximum atomic E-state index is 3.16. The van der Waals surface area contributed by atoms with Crippen molar-refractivity contribution in [2.45, 2.75) is 13.1 Å². The first-order chi connectivity index (χ1) is 3.39. The summed E-state index contributed by atoms with van der Waals surface area (Å²) in [5, 5.41) is 9.41. The third-order valence-electron chi connectivity index (χ3n) is 1.07. The summed E-state index contributed by atoms with van der Waals surface area (Å²) in [5.74, 6) is 0. The maximum absolute atomic E-state index is 3.16. The zero-order chi connectivity index (χ0) is 5.11. The van der Waals surface area contributed by atoms with E-state index in [0.29, 0.717) is 6.17 Å². The smallest absolute Gasteiger partial charge is 0.0562 e. The maximum Gasteiger partial charge on any atom is 0.0562 e. The molecule has 0 unspecified atom stereocenters. The zero-order valence-electron chi connectivity index (χ0n) is 4.49. The van der Waals surface area contributed by atoms with Gasteiger partial charge in [0.2, 0.25) is 0 Å². The van der Waals surface area contributed by atoms with Crippen molar-refractivity contribution >= 4 is 0 Å². The molecule has 42 valence electrons. The van der Waals surface area contributed by atoms with Crippen LogP contribution in [-0.2, 0) is 0 Å². The third-order valence-corrected chi connectivity index (χ3v) is 1.07. The van der Waals surface area contributed by atoms with E-state index >= 15 is 0 Å². The number of hydrogen-bond donors (Lipinski definition) is 3. The SMILES string of the molecule is CC1NCNCN1. The summed E-state index contributed by atoms with van der Waals surface area (Å²) in [6.45, 7) is 3.95. The minimum atomic E-state index is 0.473. The Morgan fingerprint density at radius 2 is 1.86 bits per heavy atom. The predicted octanol–water partition coefficient (Wildman–Crippen LogP) is -0.970. The fraction of sp³-hybridized carbons (Fsp3) is 1.00. The lowest BCUT2D eigenvalue weighted by molar-refractivity contribution is 0.356. The van der Waals surface area contributed by atoms with Crippen LogP contribution in [0.3, 0.4) is 0 Å². The van der Waals surface area contributed by atoms with Crippen molar-refractivity contribution in [3.8, 4) is 0 Å². The van der Waals surface area contributed by atoms with E-state index in [9.17, 15) is 0 Å². The molecule has 0 saturated carbocycles. The standard InChI is InChI=1S/C4H11N3/c1-4-6-2-5-3-7-4/h4-7H,2-3H2,1H3. The van der Waals surface area contributed by atoms with E-state index in [4.69, 9.17) is 0 Å². The Bertz CT molecular complexity index is 48.9. The van der Waals surface area contributed by atoms with Crippen LogP contribution in [0.5, 0.6) is 0 Å². The lowest BCUT2D eigenvalue weighted by atomic mass is 10.5. The van der Waals surface area contributed by atoms with Gasteiger partial charge in [-0.15, -0.1) is 0 Å². The van der Waals surface area contributed by atoms with Crippen molar-refractivity contribution in [1.82, 2.24) is 16.0 Å². The highest BCUT2D eigenvalue weighted by molar-refractivity contribution is 4.60. The first-order valence-electron chi connectivity index (χ1n) is 2.57. The molecule has 1 aliphatic rings. The van der Waals surface area contributed by atoms with Crippen molar-refractivity contribution in [2.24, 2.45) is 0 Å². The van der Waals surface area contributed by atoms with Crippen molar-refractivity contribution < 1.29 is 0 Å². The van der Waals surface area contributed by atoms with E-state index in [0.717, 1.165) is 13.3 Å². The van der Waals surface area contributed by atoms with Crippen LogP contribution < -0.4 is 16.0 Å². The molecule has 0 aliphatic carbocycles. The summed E-state index contributed by atoms with van der Waals surface area (Å²) in [6, 6.07) is 0. The van der Waals surface area contributed by atoms with Gasteiger partial charge in [0.15, 0.2) is 0 Å². The van der Waals surface area contributed by atoms with Gasteiger partial charge in [0, 0.05) is 13.3 Å². The molecule has 0 atom stereocenters. The second-order valence-corrected chi connectivity index (χ2v) is 1.73. The van der Waals surface area contributed by atoms with Gasteiger partial charge in [-0.2, -0.15) is 0 Å². The zero-order valence-corrected chi connectivity index (χ0v) is 4.49. The molecule has 0 amide bonds. The van der Waals surface area contributed by atoms with Gasteiger partial charge in [0.25, 0.3) is 0 Å². The molecule has 0 radical (unpaired) electrons. The Labute approximate surface area is 43.5 Å². The summed E-state index contributed by atoms with van der Waals surface area (Å²) < 4.78 is 0. The molecule has 1 heterocycles. The molecule has 7 heavy (non-hydrogen) atoms. The Balaban J connectivity index is 2.12. The molecule has 0 aromatic heterocycles. The second-order valence-electron chi connectivity index (χ2n) is 1.73. The molecular formula is C4H11N3. The Morgan fingerprint density at radius 3 is 2.14 bits per heavy atom. The Morgan fingerprint density at radius 1 is 1.29 bits per heavy atom. The van der Waals surface area contributed by atoms with Crippen LogP contribution in [0.4, 0.5) is 0 Å².